The van der Waals surface area contributed by atoms with Crippen molar-refractivity contribution in [2.24, 2.45) is 0 Å². The Labute approximate surface area is 152 Å². The molecule has 0 aliphatic rings. The van der Waals surface area contributed by atoms with Gasteiger partial charge in [-0.25, -0.2) is 4.98 Å². The number of aromatic nitrogens is 2. The van der Waals surface area contributed by atoms with E-state index in [0.717, 1.165) is 32.8 Å². The lowest BCUT2D eigenvalue weighted by Gasteiger charge is -2.16. The Kier molecular flexibility index (Phi) is 4.95. The Bertz CT molecular complexity index is 940. The molecule has 1 aromatic carbocycles. The van der Waals surface area contributed by atoms with E-state index in [9.17, 15) is 4.79 Å². The summed E-state index contributed by atoms with van der Waals surface area (Å²) in [6.45, 7) is 10.5. The van der Waals surface area contributed by atoms with Crippen LogP contribution in [0, 0.1) is 13.8 Å². The van der Waals surface area contributed by atoms with Crippen molar-refractivity contribution in [1.82, 2.24) is 9.97 Å². The largest absolute Gasteiger partial charge is 0.375 e. The monoisotopic (exact) mass is 355 g/mol. The third-order valence-electron chi connectivity index (χ3n) is 4.94. The number of hydrogen-bond donors (Lipinski definition) is 2. The molecule has 0 bridgehead atoms. The first-order valence-electron chi connectivity index (χ1n) is 8.77. The molecule has 132 valence electrons. The summed E-state index contributed by atoms with van der Waals surface area (Å²) in [7, 11) is 0. The van der Waals surface area contributed by atoms with Crippen molar-refractivity contribution in [3.8, 4) is 0 Å². The highest BCUT2D eigenvalue weighted by Crippen LogP contribution is 2.27. The number of nitrogens with zero attached hydrogens (tertiary/aromatic N) is 1. The zero-order valence-corrected chi connectivity index (χ0v) is 16.3. The van der Waals surface area contributed by atoms with Gasteiger partial charge in [0, 0.05) is 10.6 Å². The number of rotatable bonds is 5. The summed E-state index contributed by atoms with van der Waals surface area (Å²) in [4.78, 5) is 22.0. The van der Waals surface area contributed by atoms with Crippen LogP contribution in [0.15, 0.2) is 29.1 Å². The van der Waals surface area contributed by atoms with Gasteiger partial charge in [0.05, 0.1) is 11.4 Å². The maximum Gasteiger partial charge on any atom is 0.259 e. The summed E-state index contributed by atoms with van der Waals surface area (Å²) < 4.78 is 0. The molecule has 0 spiro atoms. The molecule has 0 aliphatic heterocycles. The Balaban J connectivity index is 1.85. The van der Waals surface area contributed by atoms with Crippen molar-refractivity contribution < 1.29 is 0 Å². The normalized spacial score (nSPS) is 13.8. The molecule has 5 heteroatoms. The molecule has 3 rings (SSSR count). The highest BCUT2D eigenvalue weighted by Gasteiger charge is 2.15. The van der Waals surface area contributed by atoms with Crippen molar-refractivity contribution in [1.29, 1.82) is 0 Å². The molecule has 2 aromatic heterocycles. The Hall–Kier alpha value is -2.14. The number of H-pyrrole nitrogens is 1. The fourth-order valence-electron chi connectivity index (χ4n) is 2.94. The summed E-state index contributed by atoms with van der Waals surface area (Å²) >= 11 is 1.58. The first kappa shape index (κ1) is 17.7. The zero-order chi connectivity index (χ0) is 18.1. The summed E-state index contributed by atoms with van der Waals surface area (Å²) in [6, 6.07) is 8.43. The second-order valence-electron chi connectivity index (χ2n) is 6.71. The SMILES string of the molecule is CC[C@H](C)c1ccc(N[C@@H](C)c2nc3sc(C)c(C)c3c(=O)[nH]2)cc1. The second kappa shape index (κ2) is 7.00. The van der Waals surface area contributed by atoms with Crippen LogP contribution < -0.4 is 10.9 Å². The Morgan fingerprint density at radius 1 is 1.20 bits per heavy atom. The number of nitrogens with one attached hydrogen (secondary N) is 2. The highest BCUT2D eigenvalue weighted by molar-refractivity contribution is 7.18. The van der Waals surface area contributed by atoms with Crippen molar-refractivity contribution in [2.75, 3.05) is 5.32 Å². The van der Waals surface area contributed by atoms with Gasteiger partial charge in [0.2, 0.25) is 0 Å². The van der Waals surface area contributed by atoms with Crippen molar-refractivity contribution in [2.45, 2.75) is 53.0 Å². The Morgan fingerprint density at radius 2 is 1.88 bits per heavy atom. The summed E-state index contributed by atoms with van der Waals surface area (Å²) in [5.41, 5.74) is 3.35. The van der Waals surface area contributed by atoms with Gasteiger partial charge in [-0.15, -0.1) is 11.3 Å². The molecule has 0 saturated carbocycles. The van der Waals surface area contributed by atoms with E-state index in [-0.39, 0.29) is 11.6 Å². The molecule has 4 nitrogen and oxygen atoms in total. The van der Waals surface area contributed by atoms with E-state index in [2.05, 4.69) is 53.4 Å². The van der Waals surface area contributed by atoms with Crippen LogP contribution in [0.2, 0.25) is 0 Å². The maximum absolute atomic E-state index is 12.4. The second-order valence-corrected chi connectivity index (χ2v) is 7.92. The van der Waals surface area contributed by atoms with Gasteiger partial charge in [0.25, 0.3) is 5.56 Å². The van der Waals surface area contributed by atoms with E-state index in [0.29, 0.717) is 11.7 Å². The average molecular weight is 356 g/mol. The fourth-order valence-corrected chi connectivity index (χ4v) is 3.98. The number of benzene rings is 1. The van der Waals surface area contributed by atoms with Crippen molar-refractivity contribution in [3.05, 3.63) is 56.4 Å². The molecular formula is C20H25N3OS. The van der Waals surface area contributed by atoms with Crippen molar-refractivity contribution in [3.63, 3.8) is 0 Å². The minimum Gasteiger partial charge on any atom is -0.375 e. The lowest BCUT2D eigenvalue weighted by atomic mass is 9.98. The number of thiophene rings is 1. The topological polar surface area (TPSA) is 57.8 Å². The summed E-state index contributed by atoms with van der Waals surface area (Å²) in [5, 5.41) is 4.15. The minimum atomic E-state index is -0.0748. The molecule has 2 heterocycles. The number of hydrogen-bond acceptors (Lipinski definition) is 4. The predicted octanol–water partition coefficient (Wildman–Crippen LogP) is 5.29. The molecule has 0 fully saturated rings. The van der Waals surface area contributed by atoms with E-state index in [1.54, 1.807) is 11.3 Å². The van der Waals surface area contributed by atoms with Gasteiger partial charge in [0.1, 0.15) is 10.7 Å². The lowest BCUT2D eigenvalue weighted by molar-refractivity contribution is 0.733. The third kappa shape index (κ3) is 3.47. The first-order valence-corrected chi connectivity index (χ1v) is 9.58. The van der Waals surface area contributed by atoms with E-state index < -0.39 is 0 Å². The molecule has 0 amide bonds. The van der Waals surface area contributed by atoms with E-state index in [1.807, 2.05) is 20.8 Å². The summed E-state index contributed by atoms with van der Waals surface area (Å²) in [6.07, 6.45) is 1.13. The number of aryl methyl sites for hydroxylation is 2. The van der Waals surface area contributed by atoms with Gasteiger partial charge in [0.15, 0.2) is 0 Å². The van der Waals surface area contributed by atoms with Gasteiger partial charge in [-0.05, 0) is 56.4 Å². The van der Waals surface area contributed by atoms with Crippen LogP contribution in [0.1, 0.15) is 61.0 Å². The standard InChI is InChI=1S/C20H25N3OS/c1-6-11(2)15-7-9-16(10-8-15)21-13(4)18-22-19(24)17-12(3)14(5)25-20(17)23-18/h7-11,13,21H,6H2,1-5H3,(H,22,23,24)/t11-,13-/m0/s1. The molecule has 0 radical (unpaired) electrons. The Morgan fingerprint density at radius 3 is 2.52 bits per heavy atom. The van der Waals surface area contributed by atoms with Gasteiger partial charge in [-0.2, -0.15) is 0 Å². The molecule has 0 aliphatic carbocycles. The van der Waals surface area contributed by atoms with Crippen LogP contribution in [0.25, 0.3) is 10.2 Å². The molecule has 0 saturated heterocycles. The van der Waals surface area contributed by atoms with Crippen LogP contribution in [0.5, 0.6) is 0 Å². The van der Waals surface area contributed by atoms with Gasteiger partial charge >= 0.3 is 0 Å². The van der Waals surface area contributed by atoms with Gasteiger partial charge < -0.3 is 10.3 Å². The molecule has 2 atom stereocenters. The van der Waals surface area contributed by atoms with E-state index in [1.165, 1.54) is 5.56 Å². The van der Waals surface area contributed by atoms with Crippen LogP contribution in [-0.4, -0.2) is 9.97 Å². The zero-order valence-electron chi connectivity index (χ0n) is 15.4. The van der Waals surface area contributed by atoms with Gasteiger partial charge in [-0.3, -0.25) is 4.79 Å². The molecular weight excluding hydrogens is 330 g/mol. The lowest BCUT2D eigenvalue weighted by Crippen LogP contribution is -2.17. The smallest absolute Gasteiger partial charge is 0.259 e. The molecule has 2 N–H and O–H groups in total. The fraction of sp³-hybridized carbons (Fsp3) is 0.400. The highest BCUT2D eigenvalue weighted by atomic mass is 32.1. The molecule has 0 unspecified atom stereocenters. The van der Waals surface area contributed by atoms with E-state index >= 15 is 0 Å². The number of fused-ring (bicyclic) bond motifs is 1. The van der Waals surface area contributed by atoms with Crippen LogP contribution in [-0.2, 0) is 0 Å². The minimum absolute atomic E-state index is 0.0531. The van der Waals surface area contributed by atoms with Crippen molar-refractivity contribution >= 4 is 27.2 Å². The van der Waals surface area contributed by atoms with E-state index in [4.69, 9.17) is 0 Å². The maximum atomic E-state index is 12.4. The van der Waals surface area contributed by atoms with Crippen LogP contribution in [0.3, 0.4) is 0 Å². The quantitative estimate of drug-likeness (QED) is 0.654. The predicted molar refractivity (Wildman–Crippen MR) is 107 cm³/mol. The third-order valence-corrected chi connectivity index (χ3v) is 6.04. The van der Waals surface area contributed by atoms with Crippen LogP contribution >= 0.6 is 11.3 Å². The molecule has 3 aromatic rings. The number of anilines is 1. The average Bonchev–Trinajstić information content (AvgIpc) is 2.89. The van der Waals surface area contributed by atoms with Gasteiger partial charge in [-0.1, -0.05) is 26.0 Å². The first-order chi connectivity index (χ1) is 11.9. The summed E-state index contributed by atoms with van der Waals surface area (Å²) in [5.74, 6) is 1.24. The van der Waals surface area contributed by atoms with Crippen LogP contribution in [0.4, 0.5) is 5.69 Å². The number of aromatic amines is 1. The molecule has 25 heavy (non-hydrogen) atoms.